The Balaban J connectivity index is 3.11. The Kier molecular flexibility index (Phi) is 2.88. The normalized spacial score (nSPS) is 38.1. The molecule has 1 N–H and O–H groups in total. The number of sulfone groups is 1. The largest absolute Gasteiger partial charge is 0.396 e. The van der Waals surface area contributed by atoms with Gasteiger partial charge in [0, 0.05) is 12.9 Å². The van der Waals surface area contributed by atoms with E-state index in [9.17, 15) is 8.42 Å². The molecule has 80 valence electrons. The molecule has 5 heteroatoms. The number of aliphatic hydroxyl groups excluding tert-OH is 1. The number of nitrogens with zero attached hydrogens (tertiary/aromatic N) is 1. The molecule has 1 saturated carbocycles. The molecule has 0 heterocycles. The second kappa shape index (κ2) is 3.52. The zero-order valence-electron chi connectivity index (χ0n) is 8.40. The van der Waals surface area contributed by atoms with Crippen molar-refractivity contribution < 1.29 is 13.5 Å². The molecule has 0 spiro atoms. The molecule has 0 aromatic heterocycles. The van der Waals surface area contributed by atoms with Gasteiger partial charge < -0.3 is 5.11 Å². The first-order chi connectivity index (χ1) is 6.37. The third kappa shape index (κ3) is 1.53. The Morgan fingerprint density at radius 1 is 1.64 bits per heavy atom. The molecule has 0 aromatic rings. The van der Waals surface area contributed by atoms with Crippen LogP contribution in [0.1, 0.15) is 19.8 Å². The highest BCUT2D eigenvalue weighted by molar-refractivity contribution is 7.92. The van der Waals surface area contributed by atoms with Gasteiger partial charge in [-0.25, -0.2) is 8.42 Å². The van der Waals surface area contributed by atoms with Crippen LogP contribution < -0.4 is 0 Å². The molecule has 4 nitrogen and oxygen atoms in total. The fourth-order valence-electron chi connectivity index (χ4n) is 2.30. The van der Waals surface area contributed by atoms with Crippen LogP contribution in [-0.2, 0) is 9.84 Å². The van der Waals surface area contributed by atoms with Crippen molar-refractivity contribution in [2.24, 2.45) is 11.8 Å². The lowest BCUT2D eigenvalue weighted by Gasteiger charge is -2.23. The SMILES string of the molecule is C[C@@H]1C[C@@H](CO)C[C@]1(C#N)S(C)(=O)=O. The smallest absolute Gasteiger partial charge is 0.166 e. The summed E-state index contributed by atoms with van der Waals surface area (Å²) in [6.45, 7) is 1.73. The van der Waals surface area contributed by atoms with E-state index in [1.165, 1.54) is 0 Å². The van der Waals surface area contributed by atoms with Gasteiger partial charge in [-0.3, -0.25) is 0 Å². The summed E-state index contributed by atoms with van der Waals surface area (Å²) in [6, 6.07) is 1.93. The van der Waals surface area contributed by atoms with Gasteiger partial charge in [0.25, 0.3) is 0 Å². The topological polar surface area (TPSA) is 78.2 Å². The zero-order valence-corrected chi connectivity index (χ0v) is 9.21. The summed E-state index contributed by atoms with van der Waals surface area (Å²) in [5, 5.41) is 18.0. The van der Waals surface area contributed by atoms with E-state index in [-0.39, 0.29) is 24.9 Å². The maximum absolute atomic E-state index is 11.6. The minimum atomic E-state index is -3.38. The molecule has 0 radical (unpaired) electrons. The standard InChI is InChI=1S/C9H15NO3S/c1-7-3-8(5-11)4-9(7,6-10)14(2,12)13/h7-8,11H,3-5H2,1-2H3/t7-,8-,9-/m1/s1. The van der Waals surface area contributed by atoms with Gasteiger partial charge in [0.05, 0.1) is 6.07 Å². The molecule has 1 fully saturated rings. The number of nitriles is 1. The second-order valence-corrected chi connectivity index (χ2v) is 6.44. The van der Waals surface area contributed by atoms with Crippen LogP contribution in [0.2, 0.25) is 0 Å². The molecule has 0 amide bonds. The van der Waals surface area contributed by atoms with Gasteiger partial charge in [-0.1, -0.05) is 6.92 Å². The molecule has 3 atom stereocenters. The first-order valence-electron chi connectivity index (χ1n) is 4.59. The Morgan fingerprint density at radius 3 is 2.43 bits per heavy atom. The Hall–Kier alpha value is -0.600. The lowest BCUT2D eigenvalue weighted by atomic mass is 9.99. The van der Waals surface area contributed by atoms with E-state index in [1.807, 2.05) is 6.07 Å². The summed E-state index contributed by atoms with van der Waals surface area (Å²) in [4.78, 5) is 0. The highest BCUT2D eigenvalue weighted by atomic mass is 32.2. The first-order valence-corrected chi connectivity index (χ1v) is 6.48. The Bertz CT molecular complexity index is 357. The van der Waals surface area contributed by atoms with E-state index >= 15 is 0 Å². The summed E-state index contributed by atoms with van der Waals surface area (Å²) in [6.07, 6.45) is 1.98. The molecular weight excluding hydrogens is 202 g/mol. The third-order valence-corrected chi connectivity index (χ3v) is 5.17. The predicted molar refractivity (Wildman–Crippen MR) is 52.2 cm³/mol. The van der Waals surface area contributed by atoms with E-state index in [0.717, 1.165) is 6.26 Å². The van der Waals surface area contributed by atoms with Gasteiger partial charge in [-0.2, -0.15) is 5.26 Å². The van der Waals surface area contributed by atoms with Gasteiger partial charge in [0.15, 0.2) is 14.6 Å². The number of hydrogen-bond donors (Lipinski definition) is 1. The summed E-state index contributed by atoms with van der Waals surface area (Å²) >= 11 is 0. The lowest BCUT2D eigenvalue weighted by Crippen LogP contribution is -2.39. The maximum Gasteiger partial charge on any atom is 0.166 e. The monoisotopic (exact) mass is 217 g/mol. The van der Waals surface area contributed by atoms with Crippen molar-refractivity contribution in [1.82, 2.24) is 0 Å². The van der Waals surface area contributed by atoms with Crippen molar-refractivity contribution in [3.8, 4) is 6.07 Å². The van der Waals surface area contributed by atoms with Crippen molar-refractivity contribution in [3.63, 3.8) is 0 Å². The van der Waals surface area contributed by atoms with Gasteiger partial charge >= 0.3 is 0 Å². The highest BCUT2D eigenvalue weighted by Crippen LogP contribution is 2.44. The van der Waals surface area contributed by atoms with Crippen LogP contribution in [-0.4, -0.2) is 31.1 Å². The first kappa shape index (κ1) is 11.5. The van der Waals surface area contributed by atoms with E-state index < -0.39 is 14.6 Å². The van der Waals surface area contributed by atoms with Crippen LogP contribution in [0, 0.1) is 23.2 Å². The van der Waals surface area contributed by atoms with Crippen molar-refractivity contribution in [1.29, 1.82) is 5.26 Å². The van der Waals surface area contributed by atoms with Crippen molar-refractivity contribution >= 4 is 9.84 Å². The predicted octanol–water partition coefficient (Wildman–Crippen LogP) is 0.332. The van der Waals surface area contributed by atoms with Crippen LogP contribution in [0.15, 0.2) is 0 Å². The van der Waals surface area contributed by atoms with Gasteiger partial charge in [0.2, 0.25) is 0 Å². The van der Waals surface area contributed by atoms with Crippen LogP contribution in [0.4, 0.5) is 0 Å². The number of aliphatic hydroxyl groups is 1. The van der Waals surface area contributed by atoms with Gasteiger partial charge in [-0.15, -0.1) is 0 Å². The zero-order chi connectivity index (χ0) is 11.0. The molecule has 1 aliphatic rings. The second-order valence-electron chi connectivity index (χ2n) is 4.16. The van der Waals surface area contributed by atoms with Crippen LogP contribution in [0.5, 0.6) is 0 Å². The third-order valence-electron chi connectivity index (χ3n) is 3.18. The lowest BCUT2D eigenvalue weighted by molar-refractivity contribution is 0.226. The minimum absolute atomic E-state index is 0.0384. The average molecular weight is 217 g/mol. The van der Waals surface area contributed by atoms with Crippen molar-refractivity contribution in [2.45, 2.75) is 24.5 Å². The molecule has 0 unspecified atom stereocenters. The van der Waals surface area contributed by atoms with E-state index in [4.69, 9.17) is 10.4 Å². The fourth-order valence-corrected chi connectivity index (χ4v) is 3.83. The van der Waals surface area contributed by atoms with Crippen LogP contribution in [0.25, 0.3) is 0 Å². The summed E-state index contributed by atoms with van der Waals surface area (Å²) < 4.78 is 21.8. The number of hydrogen-bond acceptors (Lipinski definition) is 4. The quantitative estimate of drug-likeness (QED) is 0.723. The van der Waals surface area contributed by atoms with Gasteiger partial charge in [-0.05, 0) is 24.7 Å². The van der Waals surface area contributed by atoms with Gasteiger partial charge in [0.1, 0.15) is 0 Å². The number of rotatable bonds is 2. The molecule has 0 aliphatic heterocycles. The molecule has 0 bridgehead atoms. The molecular formula is C9H15NO3S. The summed E-state index contributed by atoms with van der Waals surface area (Å²) in [7, 11) is -3.38. The Morgan fingerprint density at radius 2 is 2.21 bits per heavy atom. The highest BCUT2D eigenvalue weighted by Gasteiger charge is 2.52. The molecule has 1 rings (SSSR count). The summed E-state index contributed by atoms with van der Waals surface area (Å²) in [5.41, 5.74) is 0. The van der Waals surface area contributed by atoms with E-state index in [1.54, 1.807) is 6.92 Å². The van der Waals surface area contributed by atoms with Crippen LogP contribution >= 0.6 is 0 Å². The fraction of sp³-hybridized carbons (Fsp3) is 0.889. The molecule has 0 saturated heterocycles. The molecule has 0 aromatic carbocycles. The Labute approximate surface area is 84.5 Å². The molecule has 1 aliphatic carbocycles. The van der Waals surface area contributed by atoms with Crippen molar-refractivity contribution in [2.75, 3.05) is 12.9 Å². The molecule has 14 heavy (non-hydrogen) atoms. The van der Waals surface area contributed by atoms with E-state index in [0.29, 0.717) is 6.42 Å². The van der Waals surface area contributed by atoms with Crippen LogP contribution in [0.3, 0.4) is 0 Å². The maximum atomic E-state index is 11.6. The van der Waals surface area contributed by atoms with E-state index in [2.05, 4.69) is 0 Å². The van der Waals surface area contributed by atoms with Crippen molar-refractivity contribution in [3.05, 3.63) is 0 Å². The average Bonchev–Trinajstić information content (AvgIpc) is 2.42. The minimum Gasteiger partial charge on any atom is -0.396 e. The summed E-state index contributed by atoms with van der Waals surface area (Å²) in [5.74, 6) is -0.251.